The van der Waals surface area contributed by atoms with Gasteiger partial charge in [0.15, 0.2) is 0 Å². The minimum atomic E-state index is -0.0210. The van der Waals surface area contributed by atoms with Gasteiger partial charge in [0, 0.05) is 36.6 Å². The summed E-state index contributed by atoms with van der Waals surface area (Å²) in [5.74, 6) is 0. The van der Waals surface area contributed by atoms with Gasteiger partial charge in [0.1, 0.15) is 0 Å². The van der Waals surface area contributed by atoms with Gasteiger partial charge in [0.05, 0.1) is 18.1 Å². The van der Waals surface area contributed by atoms with Crippen molar-refractivity contribution in [3.05, 3.63) is 47.9 Å². The molecule has 2 amide bonds. The Labute approximate surface area is 160 Å². The van der Waals surface area contributed by atoms with E-state index in [9.17, 15) is 4.79 Å². The second-order valence-corrected chi connectivity index (χ2v) is 7.60. The maximum atomic E-state index is 13.0. The van der Waals surface area contributed by atoms with E-state index in [2.05, 4.69) is 21.4 Å². The first kappa shape index (κ1) is 17.8. The molecule has 6 nitrogen and oxygen atoms in total. The third-order valence-corrected chi connectivity index (χ3v) is 5.57. The number of carbonyl (C=O) groups is 1. The van der Waals surface area contributed by atoms with Crippen molar-refractivity contribution in [1.82, 2.24) is 20.1 Å². The Kier molecular flexibility index (Phi) is 5.23. The molecule has 0 unspecified atom stereocenters. The van der Waals surface area contributed by atoms with E-state index in [-0.39, 0.29) is 12.1 Å². The summed E-state index contributed by atoms with van der Waals surface area (Å²) >= 11 is 0. The number of nitrogens with zero attached hydrogens (tertiary/aromatic N) is 4. The summed E-state index contributed by atoms with van der Waals surface area (Å²) in [4.78, 5) is 26.0. The molecular formula is C21H27N5O. The van der Waals surface area contributed by atoms with Gasteiger partial charge in [-0.3, -0.25) is 9.88 Å². The standard InChI is InChI=1S/C21H27N5O/c1-16-13-17(8-10-22-16)20-7-4-11-25-12-9-19(14-25)26(15-23-20)21(27)24-18-5-2-3-6-18/h4,7-8,10-11,13,15,18-19H,2-3,5-6,9,12,14H2,1H3,(H,24,27)/t19-/m0/s1. The first-order chi connectivity index (χ1) is 13.2. The van der Waals surface area contributed by atoms with E-state index in [4.69, 9.17) is 4.99 Å². The van der Waals surface area contributed by atoms with Gasteiger partial charge in [0.2, 0.25) is 0 Å². The number of hydrogen-bond acceptors (Lipinski definition) is 4. The van der Waals surface area contributed by atoms with Crippen LogP contribution in [0.5, 0.6) is 0 Å². The predicted octanol–water partition coefficient (Wildman–Crippen LogP) is 3.32. The number of aryl methyl sites for hydroxylation is 1. The average molecular weight is 365 g/mol. The third kappa shape index (κ3) is 4.21. The molecule has 2 fully saturated rings. The zero-order chi connectivity index (χ0) is 18.6. The summed E-state index contributed by atoms with van der Waals surface area (Å²) in [6, 6.07) is 4.40. The van der Waals surface area contributed by atoms with Crippen molar-refractivity contribution in [3.63, 3.8) is 0 Å². The molecule has 2 bridgehead atoms. The molecule has 27 heavy (non-hydrogen) atoms. The molecule has 6 heteroatoms. The van der Waals surface area contributed by atoms with Crippen LogP contribution >= 0.6 is 0 Å². The van der Waals surface area contributed by atoms with Crippen LogP contribution in [-0.4, -0.2) is 52.3 Å². The zero-order valence-electron chi connectivity index (χ0n) is 15.8. The lowest BCUT2D eigenvalue weighted by Gasteiger charge is -2.27. The molecule has 0 spiro atoms. The fourth-order valence-corrected chi connectivity index (χ4v) is 4.06. The molecule has 2 aliphatic heterocycles. The van der Waals surface area contributed by atoms with Gasteiger partial charge in [-0.15, -0.1) is 0 Å². The van der Waals surface area contributed by atoms with Crippen LogP contribution in [0.3, 0.4) is 0 Å². The van der Waals surface area contributed by atoms with Crippen molar-refractivity contribution in [2.45, 2.75) is 51.1 Å². The second-order valence-electron chi connectivity index (χ2n) is 7.60. The van der Waals surface area contributed by atoms with Crippen molar-refractivity contribution < 1.29 is 4.79 Å². The Morgan fingerprint density at radius 3 is 2.93 bits per heavy atom. The van der Waals surface area contributed by atoms with Crippen LogP contribution in [0.15, 0.2) is 41.7 Å². The third-order valence-electron chi connectivity index (χ3n) is 5.57. The lowest BCUT2D eigenvalue weighted by molar-refractivity contribution is 0.206. The first-order valence-electron chi connectivity index (χ1n) is 9.87. The number of carbonyl (C=O) groups excluding carboxylic acids is 1. The van der Waals surface area contributed by atoms with Gasteiger partial charge in [0.25, 0.3) is 0 Å². The largest absolute Gasteiger partial charge is 0.375 e. The van der Waals surface area contributed by atoms with Gasteiger partial charge in [-0.2, -0.15) is 0 Å². The Morgan fingerprint density at radius 2 is 2.11 bits per heavy atom. The first-order valence-corrected chi connectivity index (χ1v) is 9.87. The van der Waals surface area contributed by atoms with E-state index in [0.29, 0.717) is 6.04 Å². The monoisotopic (exact) mass is 365 g/mol. The highest BCUT2D eigenvalue weighted by Gasteiger charge is 2.30. The lowest BCUT2D eigenvalue weighted by Crippen LogP contribution is -2.48. The van der Waals surface area contributed by atoms with Crippen molar-refractivity contribution >= 4 is 18.1 Å². The quantitative estimate of drug-likeness (QED) is 0.875. The molecule has 0 aromatic carbocycles. The number of urea groups is 1. The molecule has 142 valence electrons. The molecule has 3 aliphatic rings. The number of aliphatic imine (C=N–C) groups is 1. The Morgan fingerprint density at radius 1 is 1.26 bits per heavy atom. The Bertz CT molecular complexity index is 779. The number of amides is 2. The number of rotatable bonds is 2. The van der Waals surface area contributed by atoms with Crippen LogP contribution in [0.25, 0.3) is 5.70 Å². The molecular weight excluding hydrogens is 338 g/mol. The van der Waals surface area contributed by atoms with Crippen LogP contribution in [0.1, 0.15) is 43.4 Å². The van der Waals surface area contributed by atoms with Crippen LogP contribution in [0.4, 0.5) is 4.79 Å². The fraction of sp³-hybridized carbons (Fsp3) is 0.476. The molecule has 0 radical (unpaired) electrons. The average Bonchev–Trinajstić information content (AvgIpc) is 3.32. The van der Waals surface area contributed by atoms with Crippen LogP contribution in [-0.2, 0) is 0 Å². The normalized spacial score (nSPS) is 22.9. The van der Waals surface area contributed by atoms with Gasteiger partial charge in [-0.25, -0.2) is 9.79 Å². The van der Waals surface area contributed by atoms with Crippen molar-refractivity contribution in [2.75, 3.05) is 13.1 Å². The number of fused-ring (bicyclic) bond motifs is 2. The van der Waals surface area contributed by atoms with E-state index in [1.807, 2.05) is 31.2 Å². The maximum absolute atomic E-state index is 13.0. The molecule has 1 saturated carbocycles. The molecule has 1 N–H and O–H groups in total. The van der Waals surface area contributed by atoms with E-state index in [1.54, 1.807) is 17.4 Å². The fourth-order valence-electron chi connectivity index (χ4n) is 4.06. The summed E-state index contributed by atoms with van der Waals surface area (Å²) in [5.41, 5.74) is 2.78. The summed E-state index contributed by atoms with van der Waals surface area (Å²) in [6.45, 7) is 3.77. The summed E-state index contributed by atoms with van der Waals surface area (Å²) < 4.78 is 0. The van der Waals surface area contributed by atoms with E-state index in [0.717, 1.165) is 49.3 Å². The van der Waals surface area contributed by atoms with Gasteiger partial charge in [-0.05, 0) is 56.7 Å². The van der Waals surface area contributed by atoms with Crippen LogP contribution < -0.4 is 5.32 Å². The topological polar surface area (TPSA) is 60.8 Å². The highest BCUT2D eigenvalue weighted by atomic mass is 16.2. The summed E-state index contributed by atoms with van der Waals surface area (Å²) in [6.07, 6.45) is 15.2. The molecule has 1 aromatic heterocycles. The molecule has 3 heterocycles. The van der Waals surface area contributed by atoms with Crippen molar-refractivity contribution in [2.24, 2.45) is 4.99 Å². The number of hydrogen-bond donors (Lipinski definition) is 1. The summed E-state index contributed by atoms with van der Waals surface area (Å²) in [7, 11) is 0. The maximum Gasteiger partial charge on any atom is 0.323 e. The van der Waals surface area contributed by atoms with Crippen molar-refractivity contribution in [3.8, 4) is 0 Å². The number of allylic oxidation sites excluding steroid dienone is 2. The molecule has 1 atom stereocenters. The summed E-state index contributed by atoms with van der Waals surface area (Å²) in [5, 5.41) is 3.21. The number of pyridine rings is 1. The minimum Gasteiger partial charge on any atom is -0.375 e. The Hall–Kier alpha value is -2.63. The van der Waals surface area contributed by atoms with E-state index in [1.165, 1.54) is 12.8 Å². The van der Waals surface area contributed by atoms with Crippen LogP contribution in [0, 0.1) is 6.92 Å². The molecule has 1 aliphatic carbocycles. The smallest absolute Gasteiger partial charge is 0.323 e. The second kappa shape index (κ2) is 7.94. The highest BCUT2D eigenvalue weighted by Crippen LogP contribution is 2.22. The number of aromatic nitrogens is 1. The van der Waals surface area contributed by atoms with E-state index >= 15 is 0 Å². The Balaban J connectivity index is 1.61. The zero-order valence-corrected chi connectivity index (χ0v) is 15.8. The SMILES string of the molecule is Cc1cc(C2=CC=CN3CC[C@@H](C3)N(C(=O)NC3CCCC3)C=N2)ccn1. The van der Waals surface area contributed by atoms with Crippen molar-refractivity contribution in [1.29, 1.82) is 0 Å². The van der Waals surface area contributed by atoms with E-state index < -0.39 is 0 Å². The van der Waals surface area contributed by atoms with Crippen LogP contribution in [0.2, 0.25) is 0 Å². The van der Waals surface area contributed by atoms with Gasteiger partial charge < -0.3 is 10.2 Å². The minimum absolute atomic E-state index is 0.0210. The molecule has 1 aromatic rings. The molecule has 4 rings (SSSR count). The van der Waals surface area contributed by atoms with Gasteiger partial charge in [-0.1, -0.05) is 12.8 Å². The molecule has 1 saturated heterocycles. The highest BCUT2D eigenvalue weighted by molar-refractivity contribution is 5.89. The lowest BCUT2D eigenvalue weighted by atomic mass is 10.1. The number of nitrogens with one attached hydrogen (secondary N) is 1. The predicted molar refractivity (Wildman–Crippen MR) is 107 cm³/mol. The van der Waals surface area contributed by atoms with Gasteiger partial charge >= 0.3 is 6.03 Å².